The van der Waals surface area contributed by atoms with E-state index in [0.717, 1.165) is 12.0 Å². The van der Waals surface area contributed by atoms with Gasteiger partial charge in [0.25, 0.3) is 5.69 Å². The molecule has 2 amide bonds. The summed E-state index contributed by atoms with van der Waals surface area (Å²) in [5.41, 5.74) is 1.41. The molecule has 0 unspecified atom stereocenters. The van der Waals surface area contributed by atoms with Gasteiger partial charge in [-0.05, 0) is 60.2 Å². The molecule has 29 heavy (non-hydrogen) atoms. The Kier molecular flexibility index (Phi) is 3.97. The Bertz CT molecular complexity index is 998. The van der Waals surface area contributed by atoms with Crippen LogP contribution in [-0.4, -0.2) is 16.7 Å². The van der Waals surface area contributed by atoms with Crippen LogP contribution in [0.5, 0.6) is 5.75 Å². The van der Waals surface area contributed by atoms with E-state index in [-0.39, 0.29) is 47.8 Å². The number of carbonyl (C=O) groups is 2. The van der Waals surface area contributed by atoms with Gasteiger partial charge in [0.15, 0.2) is 0 Å². The van der Waals surface area contributed by atoms with E-state index >= 15 is 0 Å². The summed E-state index contributed by atoms with van der Waals surface area (Å²) in [6.07, 6.45) is 5.07. The van der Waals surface area contributed by atoms with Crippen molar-refractivity contribution in [3.05, 3.63) is 76.4 Å². The molecule has 0 aromatic heterocycles. The summed E-state index contributed by atoms with van der Waals surface area (Å²) in [7, 11) is 0. The molecule has 4 atom stereocenters. The number of allylic oxidation sites excluding steroid dienone is 2. The van der Waals surface area contributed by atoms with E-state index < -0.39 is 4.92 Å². The number of non-ortho nitro benzene ring substituents is 1. The Labute approximate surface area is 166 Å². The Hall–Kier alpha value is -3.48. The first-order chi connectivity index (χ1) is 14.0. The monoisotopic (exact) mass is 390 g/mol. The van der Waals surface area contributed by atoms with Crippen molar-refractivity contribution < 1.29 is 19.2 Å². The van der Waals surface area contributed by atoms with Gasteiger partial charge in [0.1, 0.15) is 12.4 Å². The van der Waals surface area contributed by atoms with Crippen molar-refractivity contribution in [3.63, 3.8) is 0 Å². The fraction of sp³-hybridized carbons (Fsp3) is 0.273. The summed E-state index contributed by atoms with van der Waals surface area (Å²) in [4.78, 5) is 37.3. The average Bonchev–Trinajstić information content (AvgIpc) is 3.41. The van der Waals surface area contributed by atoms with Gasteiger partial charge in [-0.3, -0.25) is 24.6 Å². The van der Waals surface area contributed by atoms with Gasteiger partial charge in [-0.1, -0.05) is 12.2 Å². The van der Waals surface area contributed by atoms with E-state index in [1.807, 2.05) is 0 Å². The van der Waals surface area contributed by atoms with Crippen LogP contribution in [0.3, 0.4) is 0 Å². The summed E-state index contributed by atoms with van der Waals surface area (Å²) < 4.78 is 5.71. The molecule has 2 aliphatic carbocycles. The number of carbonyl (C=O) groups excluding carboxylic acids is 2. The van der Waals surface area contributed by atoms with Crippen LogP contribution in [0.4, 0.5) is 11.4 Å². The van der Waals surface area contributed by atoms with Gasteiger partial charge >= 0.3 is 0 Å². The van der Waals surface area contributed by atoms with Gasteiger partial charge in [0, 0.05) is 12.1 Å². The van der Waals surface area contributed by atoms with Crippen LogP contribution >= 0.6 is 0 Å². The highest BCUT2D eigenvalue weighted by atomic mass is 16.6. The molecule has 2 aromatic carbocycles. The van der Waals surface area contributed by atoms with E-state index in [1.165, 1.54) is 17.0 Å². The van der Waals surface area contributed by atoms with Crippen molar-refractivity contribution in [1.82, 2.24) is 0 Å². The van der Waals surface area contributed by atoms with Crippen molar-refractivity contribution in [2.45, 2.75) is 13.0 Å². The van der Waals surface area contributed by atoms with Gasteiger partial charge in [-0.15, -0.1) is 0 Å². The Morgan fingerprint density at radius 3 is 2.07 bits per heavy atom. The van der Waals surface area contributed by atoms with Crippen LogP contribution < -0.4 is 9.64 Å². The zero-order chi connectivity index (χ0) is 20.1. The third-order valence-electron chi connectivity index (χ3n) is 6.12. The van der Waals surface area contributed by atoms with E-state index in [2.05, 4.69) is 12.2 Å². The largest absolute Gasteiger partial charge is 0.489 e. The lowest BCUT2D eigenvalue weighted by molar-refractivity contribution is -0.384. The third-order valence-corrected chi connectivity index (χ3v) is 6.12. The maximum atomic E-state index is 12.9. The molecule has 7 nitrogen and oxygen atoms in total. The van der Waals surface area contributed by atoms with Gasteiger partial charge in [0.2, 0.25) is 11.8 Å². The molecule has 7 heteroatoms. The molecule has 2 fully saturated rings. The fourth-order valence-corrected chi connectivity index (χ4v) is 4.73. The van der Waals surface area contributed by atoms with E-state index in [1.54, 1.807) is 36.4 Å². The van der Waals surface area contributed by atoms with Gasteiger partial charge in [-0.25, -0.2) is 0 Å². The first kappa shape index (κ1) is 17.6. The van der Waals surface area contributed by atoms with Crippen LogP contribution in [0.15, 0.2) is 60.7 Å². The summed E-state index contributed by atoms with van der Waals surface area (Å²) in [6, 6.07) is 13.1. The molecule has 2 bridgehead atoms. The summed E-state index contributed by atoms with van der Waals surface area (Å²) in [5, 5.41) is 10.7. The van der Waals surface area contributed by atoms with Crippen molar-refractivity contribution in [2.75, 3.05) is 4.90 Å². The maximum absolute atomic E-state index is 12.9. The molecule has 0 N–H and O–H groups in total. The van der Waals surface area contributed by atoms with Crippen LogP contribution in [0, 0.1) is 33.8 Å². The van der Waals surface area contributed by atoms with E-state index in [0.29, 0.717) is 11.4 Å². The molecule has 146 valence electrons. The topological polar surface area (TPSA) is 89.8 Å². The first-order valence-corrected chi connectivity index (χ1v) is 9.55. The lowest BCUT2D eigenvalue weighted by Gasteiger charge is -2.17. The molecule has 1 heterocycles. The molecule has 2 aromatic rings. The second-order valence-electron chi connectivity index (χ2n) is 7.72. The Balaban J connectivity index is 1.27. The number of benzene rings is 2. The number of amides is 2. The van der Waals surface area contributed by atoms with E-state index in [9.17, 15) is 19.7 Å². The predicted molar refractivity (Wildman–Crippen MR) is 104 cm³/mol. The minimum Gasteiger partial charge on any atom is -0.489 e. The molecule has 5 rings (SSSR count). The average molecular weight is 390 g/mol. The maximum Gasteiger partial charge on any atom is 0.269 e. The number of hydrogen-bond donors (Lipinski definition) is 0. The number of hydrogen-bond acceptors (Lipinski definition) is 5. The number of imide groups is 1. The van der Waals surface area contributed by atoms with Crippen molar-refractivity contribution in [3.8, 4) is 5.75 Å². The third kappa shape index (κ3) is 2.81. The number of rotatable bonds is 5. The predicted octanol–water partition coefficient (Wildman–Crippen LogP) is 3.49. The lowest BCUT2D eigenvalue weighted by atomic mass is 9.85. The highest BCUT2D eigenvalue weighted by Crippen LogP contribution is 2.53. The summed E-state index contributed by atoms with van der Waals surface area (Å²) >= 11 is 0. The highest BCUT2D eigenvalue weighted by molar-refractivity contribution is 6.22. The molecule has 0 radical (unpaired) electrons. The van der Waals surface area contributed by atoms with Crippen molar-refractivity contribution in [1.29, 1.82) is 0 Å². The molecule has 3 aliphatic rings. The zero-order valence-electron chi connectivity index (χ0n) is 15.4. The second kappa shape index (κ2) is 6.55. The molecule has 1 saturated carbocycles. The van der Waals surface area contributed by atoms with Crippen LogP contribution in [0.2, 0.25) is 0 Å². The standard InChI is InChI=1S/C22H18N2O5/c25-21-19-14-3-4-15(11-14)20(19)22(26)23(21)16-7-9-18(10-8-16)29-12-13-1-5-17(6-2-13)24(27)28/h1-10,14-15,19-20H,11-12H2/t14-,15-,19+,20+/m0/s1. The number of nitrogens with zero attached hydrogens (tertiary/aromatic N) is 2. The molecular formula is C22H18N2O5. The highest BCUT2D eigenvalue weighted by Gasteiger charge is 2.59. The minimum absolute atomic E-state index is 0.0338. The summed E-state index contributed by atoms with van der Waals surface area (Å²) in [5.74, 6) is 0.346. The number of nitro groups is 1. The molecular weight excluding hydrogens is 372 g/mol. The Morgan fingerprint density at radius 1 is 0.931 bits per heavy atom. The SMILES string of the molecule is O=C1[C@H]2[C@H](C(=O)N1c1ccc(OCc3ccc([N+](=O)[O-])cc3)cc1)[C@H]1C=C[C@H]2C1. The minimum atomic E-state index is -0.444. The normalized spacial score (nSPS) is 26.8. The van der Waals surface area contributed by atoms with Gasteiger partial charge in [-0.2, -0.15) is 0 Å². The smallest absolute Gasteiger partial charge is 0.269 e. The molecule has 0 spiro atoms. The quantitative estimate of drug-likeness (QED) is 0.337. The second-order valence-corrected chi connectivity index (χ2v) is 7.72. The number of anilines is 1. The van der Waals surface area contributed by atoms with Crippen LogP contribution in [-0.2, 0) is 16.2 Å². The van der Waals surface area contributed by atoms with Gasteiger partial charge in [0.05, 0.1) is 22.4 Å². The lowest BCUT2D eigenvalue weighted by Crippen LogP contribution is -2.32. The van der Waals surface area contributed by atoms with Crippen molar-refractivity contribution in [2.24, 2.45) is 23.7 Å². The van der Waals surface area contributed by atoms with Gasteiger partial charge < -0.3 is 4.74 Å². The van der Waals surface area contributed by atoms with E-state index in [4.69, 9.17) is 4.74 Å². The molecule has 1 aliphatic heterocycles. The van der Waals surface area contributed by atoms with Crippen LogP contribution in [0.1, 0.15) is 12.0 Å². The summed E-state index contributed by atoms with van der Waals surface area (Å²) in [6.45, 7) is 0.262. The fourth-order valence-electron chi connectivity index (χ4n) is 4.73. The Morgan fingerprint density at radius 2 is 1.52 bits per heavy atom. The zero-order valence-corrected chi connectivity index (χ0v) is 15.4. The number of ether oxygens (including phenoxy) is 1. The number of nitro benzene ring substituents is 1. The molecule has 1 saturated heterocycles. The first-order valence-electron chi connectivity index (χ1n) is 9.55. The van der Waals surface area contributed by atoms with Crippen LogP contribution in [0.25, 0.3) is 0 Å². The van der Waals surface area contributed by atoms with Crippen molar-refractivity contribution >= 4 is 23.2 Å². The number of fused-ring (bicyclic) bond motifs is 5.